The molecule has 0 saturated carbocycles. The molecule has 0 bridgehead atoms. The molecule has 0 N–H and O–H groups in total. The van der Waals surface area contributed by atoms with E-state index in [4.69, 9.17) is 4.74 Å². The summed E-state index contributed by atoms with van der Waals surface area (Å²) < 4.78 is 5.54. The zero-order chi connectivity index (χ0) is 15.9. The molecule has 0 aromatic heterocycles. The van der Waals surface area contributed by atoms with E-state index in [2.05, 4.69) is 13.2 Å². The molecule has 0 radical (unpaired) electrons. The van der Waals surface area contributed by atoms with Crippen molar-refractivity contribution in [1.82, 2.24) is 0 Å². The molecular formula is C19H34O2. The van der Waals surface area contributed by atoms with Crippen molar-refractivity contribution >= 4 is 5.78 Å². The maximum Gasteiger partial charge on any atom is 0.139 e. The first-order valence-electron chi connectivity index (χ1n) is 8.51. The maximum absolute atomic E-state index is 11.6. The van der Waals surface area contributed by atoms with E-state index in [1.807, 2.05) is 19.9 Å². The highest BCUT2D eigenvalue weighted by molar-refractivity contribution is 5.82. The number of allylic oxidation sites excluding steroid dienone is 1. The maximum atomic E-state index is 11.6. The van der Waals surface area contributed by atoms with E-state index >= 15 is 0 Å². The van der Waals surface area contributed by atoms with Crippen molar-refractivity contribution in [3.63, 3.8) is 0 Å². The minimum Gasteiger partial charge on any atom is -0.374 e. The van der Waals surface area contributed by atoms with Gasteiger partial charge in [-0.25, -0.2) is 0 Å². The van der Waals surface area contributed by atoms with E-state index in [0.717, 1.165) is 19.4 Å². The summed E-state index contributed by atoms with van der Waals surface area (Å²) >= 11 is 0. The van der Waals surface area contributed by atoms with Crippen LogP contribution in [0.4, 0.5) is 0 Å². The molecule has 2 heteroatoms. The Bertz CT molecular complexity index is 283. The molecule has 0 amide bonds. The van der Waals surface area contributed by atoms with Crippen LogP contribution in [0, 0.1) is 5.92 Å². The van der Waals surface area contributed by atoms with Gasteiger partial charge in [0.15, 0.2) is 0 Å². The lowest BCUT2D eigenvalue weighted by Gasteiger charge is -2.08. The van der Waals surface area contributed by atoms with Gasteiger partial charge in [-0.05, 0) is 19.8 Å². The lowest BCUT2D eigenvalue weighted by Crippen LogP contribution is -2.07. The minimum atomic E-state index is 0.0241. The summed E-state index contributed by atoms with van der Waals surface area (Å²) in [5.41, 5.74) is 0. The number of Topliss-reactive ketones (excluding diaryl/α,β-unsaturated/α-hetero) is 1. The number of hydrogen-bond donors (Lipinski definition) is 0. The van der Waals surface area contributed by atoms with E-state index < -0.39 is 0 Å². The molecule has 0 rings (SSSR count). The summed E-state index contributed by atoms with van der Waals surface area (Å²) in [6, 6.07) is 0. The van der Waals surface area contributed by atoms with Gasteiger partial charge < -0.3 is 4.74 Å². The zero-order valence-electron chi connectivity index (χ0n) is 14.1. The Hall–Kier alpha value is -0.890. The van der Waals surface area contributed by atoms with Crippen LogP contribution in [0.1, 0.15) is 71.6 Å². The largest absolute Gasteiger partial charge is 0.374 e. The van der Waals surface area contributed by atoms with Crippen LogP contribution >= 0.6 is 0 Å². The van der Waals surface area contributed by atoms with E-state index in [1.54, 1.807) is 6.08 Å². The van der Waals surface area contributed by atoms with Crippen LogP contribution in [0.25, 0.3) is 0 Å². The molecule has 0 spiro atoms. The predicted octanol–water partition coefficient (Wildman–Crippen LogP) is 5.48. The van der Waals surface area contributed by atoms with Gasteiger partial charge in [0, 0.05) is 18.9 Å². The van der Waals surface area contributed by atoms with Crippen LogP contribution in [0.5, 0.6) is 0 Å². The fraction of sp³-hybridized carbons (Fsp3) is 0.737. The number of carbonyl (C=O) groups is 1. The van der Waals surface area contributed by atoms with Crippen LogP contribution in [0.15, 0.2) is 25.3 Å². The molecule has 0 aliphatic heterocycles. The summed E-state index contributed by atoms with van der Waals surface area (Å²) in [4.78, 5) is 11.6. The quantitative estimate of drug-likeness (QED) is 0.295. The Balaban J connectivity index is 3.21. The monoisotopic (exact) mass is 294 g/mol. The van der Waals surface area contributed by atoms with E-state index in [1.165, 1.54) is 38.5 Å². The fourth-order valence-electron chi connectivity index (χ4n) is 2.16. The van der Waals surface area contributed by atoms with Gasteiger partial charge in [0.25, 0.3) is 0 Å². The molecule has 0 saturated heterocycles. The van der Waals surface area contributed by atoms with Gasteiger partial charge in [0.1, 0.15) is 5.78 Å². The van der Waals surface area contributed by atoms with Gasteiger partial charge in [-0.15, -0.1) is 13.2 Å². The second-order valence-electron chi connectivity index (χ2n) is 5.88. The second-order valence-corrected chi connectivity index (χ2v) is 5.88. The average molecular weight is 294 g/mol. The van der Waals surface area contributed by atoms with E-state index in [0.29, 0.717) is 12.2 Å². The van der Waals surface area contributed by atoms with Crippen LogP contribution < -0.4 is 0 Å². The first kappa shape index (κ1) is 20.1. The van der Waals surface area contributed by atoms with Gasteiger partial charge in [-0.1, -0.05) is 57.6 Å². The van der Waals surface area contributed by atoms with Crippen LogP contribution in [-0.4, -0.2) is 18.5 Å². The standard InChI is InChI=1S/C19H34O2/c1-5-17(3)19(20)15-13-11-9-7-8-10-12-14-16-21-18(4)6-2/h5-6,17-18H,1-2,7-16H2,3-4H3. The second kappa shape index (κ2) is 14.1. The minimum absolute atomic E-state index is 0.0241. The molecule has 122 valence electrons. The number of hydrogen-bond acceptors (Lipinski definition) is 2. The Kier molecular flexibility index (Phi) is 13.5. The van der Waals surface area contributed by atoms with Crippen molar-refractivity contribution in [2.45, 2.75) is 77.7 Å². The first-order chi connectivity index (χ1) is 10.1. The Morgan fingerprint density at radius 3 is 1.95 bits per heavy atom. The number of ether oxygens (including phenoxy) is 1. The van der Waals surface area contributed by atoms with Gasteiger partial charge in [0.05, 0.1) is 6.10 Å². The smallest absolute Gasteiger partial charge is 0.139 e. The van der Waals surface area contributed by atoms with Crippen molar-refractivity contribution in [3.05, 3.63) is 25.3 Å². The van der Waals surface area contributed by atoms with Gasteiger partial charge in [0.2, 0.25) is 0 Å². The molecular weight excluding hydrogens is 260 g/mol. The van der Waals surface area contributed by atoms with Crippen molar-refractivity contribution in [3.8, 4) is 0 Å². The Morgan fingerprint density at radius 2 is 1.43 bits per heavy atom. The third kappa shape index (κ3) is 12.6. The molecule has 2 atom stereocenters. The highest BCUT2D eigenvalue weighted by Gasteiger charge is 2.07. The van der Waals surface area contributed by atoms with E-state index in [-0.39, 0.29) is 12.0 Å². The Labute approximate surface area is 131 Å². The third-order valence-corrected chi connectivity index (χ3v) is 3.89. The zero-order valence-corrected chi connectivity index (χ0v) is 14.1. The number of rotatable bonds is 15. The van der Waals surface area contributed by atoms with Crippen LogP contribution in [-0.2, 0) is 9.53 Å². The van der Waals surface area contributed by atoms with Gasteiger partial charge in [-0.3, -0.25) is 4.79 Å². The highest BCUT2D eigenvalue weighted by atomic mass is 16.5. The molecule has 0 aromatic carbocycles. The van der Waals surface area contributed by atoms with Crippen molar-refractivity contribution in [2.75, 3.05) is 6.61 Å². The normalized spacial score (nSPS) is 13.6. The molecule has 0 aromatic rings. The van der Waals surface area contributed by atoms with Crippen molar-refractivity contribution in [1.29, 1.82) is 0 Å². The molecule has 2 unspecified atom stereocenters. The lowest BCUT2D eigenvalue weighted by molar-refractivity contribution is -0.121. The molecule has 21 heavy (non-hydrogen) atoms. The van der Waals surface area contributed by atoms with Gasteiger partial charge >= 0.3 is 0 Å². The summed E-state index contributed by atoms with van der Waals surface area (Å²) in [7, 11) is 0. The Morgan fingerprint density at radius 1 is 0.905 bits per heavy atom. The average Bonchev–Trinajstić information content (AvgIpc) is 2.50. The van der Waals surface area contributed by atoms with Crippen molar-refractivity contribution in [2.24, 2.45) is 5.92 Å². The predicted molar refractivity (Wildman–Crippen MR) is 91.5 cm³/mol. The molecule has 0 heterocycles. The number of ketones is 1. The van der Waals surface area contributed by atoms with Gasteiger partial charge in [-0.2, -0.15) is 0 Å². The summed E-state index contributed by atoms with van der Waals surface area (Å²) in [5, 5.41) is 0. The number of unbranched alkanes of at least 4 members (excludes halogenated alkanes) is 7. The topological polar surface area (TPSA) is 26.3 Å². The lowest BCUT2D eigenvalue weighted by atomic mass is 10.00. The number of carbonyl (C=O) groups excluding carboxylic acids is 1. The third-order valence-electron chi connectivity index (χ3n) is 3.89. The molecule has 2 nitrogen and oxygen atoms in total. The van der Waals surface area contributed by atoms with Crippen LogP contribution in [0.2, 0.25) is 0 Å². The summed E-state index contributed by atoms with van der Waals surface area (Å²) in [6.07, 6.45) is 14.2. The summed E-state index contributed by atoms with van der Waals surface area (Å²) in [5.74, 6) is 0.356. The molecule has 0 fully saturated rings. The fourth-order valence-corrected chi connectivity index (χ4v) is 2.16. The first-order valence-corrected chi connectivity index (χ1v) is 8.51. The van der Waals surface area contributed by atoms with E-state index in [9.17, 15) is 4.79 Å². The van der Waals surface area contributed by atoms with Crippen LogP contribution in [0.3, 0.4) is 0 Å². The molecule has 0 aliphatic rings. The van der Waals surface area contributed by atoms with Crippen molar-refractivity contribution < 1.29 is 9.53 Å². The summed E-state index contributed by atoms with van der Waals surface area (Å²) in [6.45, 7) is 12.2. The SMILES string of the molecule is C=CC(C)OCCCCCCCCCCC(=O)C(C)C=C. The highest BCUT2D eigenvalue weighted by Crippen LogP contribution is 2.12. The molecule has 0 aliphatic carbocycles.